The fraction of sp³-hybridized carbons (Fsp3) is 0.364. The van der Waals surface area contributed by atoms with Gasteiger partial charge in [0.25, 0.3) is 0 Å². The third-order valence-corrected chi connectivity index (χ3v) is 2.77. The Morgan fingerprint density at radius 2 is 2.13 bits per heavy atom. The Bertz CT molecular complexity index is 354. The average molecular weight is 271 g/mol. The van der Waals surface area contributed by atoms with Gasteiger partial charge in [0.1, 0.15) is 0 Å². The van der Waals surface area contributed by atoms with Gasteiger partial charge in [0, 0.05) is 10.5 Å². The molecule has 0 radical (unpaired) electrons. The van der Waals surface area contributed by atoms with Crippen LogP contribution >= 0.6 is 15.9 Å². The minimum Gasteiger partial charge on any atom is -0.368 e. The first-order valence-electron chi connectivity index (χ1n) is 4.81. The summed E-state index contributed by atoms with van der Waals surface area (Å²) >= 11 is 3.41. The molecule has 3 nitrogen and oxygen atoms in total. The molecule has 2 unspecified atom stereocenters. The Hall–Kier alpha value is -0.870. The van der Waals surface area contributed by atoms with E-state index in [1.165, 1.54) is 0 Å². The first kappa shape index (κ1) is 12.2. The SMILES string of the molecule is CC(NC(C)c1cccc(Br)c1)C(N)=O. The Balaban J connectivity index is 2.68. The van der Waals surface area contributed by atoms with Crippen LogP contribution in [0.2, 0.25) is 0 Å². The summed E-state index contributed by atoms with van der Waals surface area (Å²) in [6.45, 7) is 3.76. The molecule has 4 heteroatoms. The second-order valence-electron chi connectivity index (χ2n) is 3.57. The van der Waals surface area contributed by atoms with Crippen molar-refractivity contribution in [1.82, 2.24) is 5.32 Å². The predicted molar refractivity (Wildman–Crippen MR) is 64.3 cm³/mol. The monoisotopic (exact) mass is 270 g/mol. The molecule has 3 N–H and O–H groups in total. The molecule has 0 saturated carbocycles. The fourth-order valence-electron chi connectivity index (χ4n) is 1.33. The molecule has 0 aliphatic carbocycles. The number of primary amides is 1. The van der Waals surface area contributed by atoms with E-state index in [-0.39, 0.29) is 18.0 Å². The highest BCUT2D eigenvalue weighted by Crippen LogP contribution is 2.18. The van der Waals surface area contributed by atoms with E-state index in [0.29, 0.717) is 0 Å². The van der Waals surface area contributed by atoms with E-state index in [2.05, 4.69) is 21.2 Å². The third kappa shape index (κ3) is 3.64. The molecule has 0 fully saturated rings. The molecule has 0 heterocycles. The Morgan fingerprint density at radius 1 is 1.47 bits per heavy atom. The average Bonchev–Trinajstić information content (AvgIpc) is 2.17. The van der Waals surface area contributed by atoms with Crippen LogP contribution in [0.5, 0.6) is 0 Å². The van der Waals surface area contributed by atoms with Gasteiger partial charge in [0.15, 0.2) is 0 Å². The van der Waals surface area contributed by atoms with Crippen molar-refractivity contribution >= 4 is 21.8 Å². The maximum absolute atomic E-state index is 10.9. The van der Waals surface area contributed by atoms with Crippen LogP contribution in [0.4, 0.5) is 0 Å². The van der Waals surface area contributed by atoms with Crippen LogP contribution < -0.4 is 11.1 Å². The molecule has 2 atom stereocenters. The topological polar surface area (TPSA) is 55.1 Å². The van der Waals surface area contributed by atoms with E-state index in [0.717, 1.165) is 10.0 Å². The lowest BCUT2D eigenvalue weighted by atomic mass is 10.1. The maximum atomic E-state index is 10.9. The highest BCUT2D eigenvalue weighted by atomic mass is 79.9. The van der Waals surface area contributed by atoms with Crippen molar-refractivity contribution in [2.24, 2.45) is 5.73 Å². The van der Waals surface area contributed by atoms with E-state index in [9.17, 15) is 4.79 Å². The highest BCUT2D eigenvalue weighted by Gasteiger charge is 2.13. The summed E-state index contributed by atoms with van der Waals surface area (Å²) in [5, 5.41) is 3.13. The van der Waals surface area contributed by atoms with Crippen LogP contribution in [-0.4, -0.2) is 11.9 Å². The summed E-state index contributed by atoms with van der Waals surface area (Å²) in [5.74, 6) is -0.336. The molecule has 0 aromatic heterocycles. The number of halogens is 1. The van der Waals surface area contributed by atoms with Gasteiger partial charge in [0.2, 0.25) is 5.91 Å². The van der Waals surface area contributed by atoms with Gasteiger partial charge < -0.3 is 5.73 Å². The van der Waals surface area contributed by atoms with Gasteiger partial charge in [-0.1, -0.05) is 28.1 Å². The van der Waals surface area contributed by atoms with Crippen LogP contribution in [-0.2, 0) is 4.79 Å². The number of nitrogens with one attached hydrogen (secondary N) is 1. The lowest BCUT2D eigenvalue weighted by molar-refractivity contribution is -0.119. The molecule has 15 heavy (non-hydrogen) atoms. The summed E-state index contributed by atoms with van der Waals surface area (Å²) in [4.78, 5) is 10.9. The Kier molecular flexibility index (Phi) is 4.29. The van der Waals surface area contributed by atoms with Crippen LogP contribution in [0.1, 0.15) is 25.5 Å². The molecule has 1 aromatic carbocycles. The fourth-order valence-corrected chi connectivity index (χ4v) is 1.75. The van der Waals surface area contributed by atoms with E-state index >= 15 is 0 Å². The summed E-state index contributed by atoms with van der Waals surface area (Å²) in [5.41, 5.74) is 6.30. The second kappa shape index (κ2) is 5.28. The highest BCUT2D eigenvalue weighted by molar-refractivity contribution is 9.10. The number of carbonyl (C=O) groups is 1. The number of hydrogen-bond donors (Lipinski definition) is 2. The molecule has 0 saturated heterocycles. The first-order chi connectivity index (χ1) is 7.00. The summed E-state index contributed by atoms with van der Waals surface area (Å²) in [6, 6.07) is 7.74. The zero-order valence-corrected chi connectivity index (χ0v) is 10.4. The van der Waals surface area contributed by atoms with E-state index < -0.39 is 0 Å². The van der Waals surface area contributed by atoms with Crippen LogP contribution in [0, 0.1) is 0 Å². The van der Waals surface area contributed by atoms with Crippen molar-refractivity contribution < 1.29 is 4.79 Å². The molecule has 1 aromatic rings. The quantitative estimate of drug-likeness (QED) is 0.879. The third-order valence-electron chi connectivity index (χ3n) is 2.28. The molecule has 1 rings (SSSR count). The molecule has 82 valence electrons. The van der Waals surface area contributed by atoms with Gasteiger partial charge in [-0.2, -0.15) is 0 Å². The van der Waals surface area contributed by atoms with Gasteiger partial charge in [0.05, 0.1) is 6.04 Å². The number of hydrogen-bond acceptors (Lipinski definition) is 2. The minimum atomic E-state index is -0.336. The van der Waals surface area contributed by atoms with Gasteiger partial charge in [-0.25, -0.2) is 0 Å². The van der Waals surface area contributed by atoms with Crippen molar-refractivity contribution in [2.45, 2.75) is 25.9 Å². The van der Waals surface area contributed by atoms with Crippen molar-refractivity contribution in [3.8, 4) is 0 Å². The normalized spacial score (nSPS) is 14.6. The largest absolute Gasteiger partial charge is 0.368 e. The van der Waals surface area contributed by atoms with Crippen molar-refractivity contribution in [3.63, 3.8) is 0 Å². The number of nitrogens with two attached hydrogens (primary N) is 1. The van der Waals surface area contributed by atoms with E-state index in [1.54, 1.807) is 6.92 Å². The van der Waals surface area contributed by atoms with Crippen LogP contribution in [0.3, 0.4) is 0 Å². The summed E-state index contributed by atoms with van der Waals surface area (Å²) < 4.78 is 1.03. The van der Waals surface area contributed by atoms with Gasteiger partial charge in [-0.3, -0.25) is 10.1 Å². The van der Waals surface area contributed by atoms with Crippen molar-refractivity contribution in [1.29, 1.82) is 0 Å². The predicted octanol–water partition coefficient (Wildman–Crippen LogP) is 1.97. The Morgan fingerprint density at radius 3 is 2.67 bits per heavy atom. The van der Waals surface area contributed by atoms with Gasteiger partial charge >= 0.3 is 0 Å². The zero-order valence-electron chi connectivity index (χ0n) is 8.83. The Labute approximate surface area is 98.2 Å². The molecule has 0 bridgehead atoms. The smallest absolute Gasteiger partial charge is 0.234 e. The summed E-state index contributed by atoms with van der Waals surface area (Å²) in [6.07, 6.45) is 0. The summed E-state index contributed by atoms with van der Waals surface area (Å²) in [7, 11) is 0. The second-order valence-corrected chi connectivity index (χ2v) is 4.48. The molecular weight excluding hydrogens is 256 g/mol. The molecular formula is C11H15BrN2O. The number of amides is 1. The van der Waals surface area contributed by atoms with E-state index in [1.807, 2.05) is 31.2 Å². The van der Waals surface area contributed by atoms with Gasteiger partial charge in [-0.15, -0.1) is 0 Å². The van der Waals surface area contributed by atoms with Crippen LogP contribution in [0.25, 0.3) is 0 Å². The maximum Gasteiger partial charge on any atom is 0.234 e. The lowest BCUT2D eigenvalue weighted by Gasteiger charge is -2.18. The van der Waals surface area contributed by atoms with E-state index in [4.69, 9.17) is 5.73 Å². The first-order valence-corrected chi connectivity index (χ1v) is 5.61. The van der Waals surface area contributed by atoms with Crippen molar-refractivity contribution in [2.75, 3.05) is 0 Å². The zero-order chi connectivity index (χ0) is 11.4. The number of benzene rings is 1. The van der Waals surface area contributed by atoms with Crippen molar-refractivity contribution in [3.05, 3.63) is 34.3 Å². The number of carbonyl (C=O) groups excluding carboxylic acids is 1. The molecule has 1 amide bonds. The molecule has 0 spiro atoms. The molecule has 0 aliphatic heterocycles. The van der Waals surface area contributed by atoms with Gasteiger partial charge in [-0.05, 0) is 31.5 Å². The standard InChI is InChI=1S/C11H15BrN2O/c1-7(14-8(2)11(13)15)9-4-3-5-10(12)6-9/h3-8,14H,1-2H3,(H2,13,15). The minimum absolute atomic E-state index is 0.102. The van der Waals surface area contributed by atoms with Crippen LogP contribution in [0.15, 0.2) is 28.7 Å². The number of rotatable bonds is 4. The molecule has 0 aliphatic rings. The lowest BCUT2D eigenvalue weighted by Crippen LogP contribution is -2.39.